The van der Waals surface area contributed by atoms with Crippen LogP contribution in [0.25, 0.3) is 0 Å². The smallest absolute Gasteiger partial charge is 0.326 e. The molecule has 0 heterocycles. The first-order chi connectivity index (χ1) is 9.13. The minimum Gasteiger partial charge on any atom is -0.480 e. The molecule has 0 radical (unpaired) electrons. The van der Waals surface area contributed by atoms with Gasteiger partial charge in [-0.3, -0.25) is 4.79 Å². The molecule has 104 valence electrons. The van der Waals surface area contributed by atoms with E-state index in [1.165, 1.54) is 0 Å². The maximum absolute atomic E-state index is 11.4. The summed E-state index contributed by atoms with van der Waals surface area (Å²) in [5.41, 5.74) is 0.931. The van der Waals surface area contributed by atoms with Crippen LogP contribution in [-0.2, 0) is 20.9 Å². The highest BCUT2D eigenvalue weighted by atomic mass is 16.5. The van der Waals surface area contributed by atoms with Crippen LogP contribution in [0.3, 0.4) is 0 Å². The van der Waals surface area contributed by atoms with Crippen LogP contribution in [0.1, 0.15) is 12.0 Å². The number of aliphatic carboxylic acids is 1. The predicted molar refractivity (Wildman–Crippen MR) is 67.4 cm³/mol. The highest BCUT2D eigenvalue weighted by Crippen LogP contribution is 2.00. The van der Waals surface area contributed by atoms with E-state index in [-0.39, 0.29) is 26.2 Å². The first-order valence-corrected chi connectivity index (χ1v) is 5.88. The summed E-state index contributed by atoms with van der Waals surface area (Å²) in [6, 6.07) is 8.24. The maximum atomic E-state index is 11.4. The van der Waals surface area contributed by atoms with Crippen LogP contribution in [0.5, 0.6) is 0 Å². The van der Waals surface area contributed by atoms with Crippen molar-refractivity contribution in [2.24, 2.45) is 0 Å². The van der Waals surface area contributed by atoms with Crippen LogP contribution in [0, 0.1) is 0 Å². The highest BCUT2D eigenvalue weighted by Gasteiger charge is 2.18. The van der Waals surface area contributed by atoms with Gasteiger partial charge < -0.3 is 20.3 Å². The van der Waals surface area contributed by atoms with Gasteiger partial charge in [0.05, 0.1) is 6.61 Å². The van der Waals surface area contributed by atoms with E-state index in [9.17, 15) is 9.59 Å². The van der Waals surface area contributed by atoms with Crippen molar-refractivity contribution in [2.75, 3.05) is 13.2 Å². The normalized spacial score (nSPS) is 11.8. The molecule has 0 saturated heterocycles. The summed E-state index contributed by atoms with van der Waals surface area (Å²) in [6.07, 6.45) is -0.0280. The molecule has 1 rings (SSSR count). The van der Waals surface area contributed by atoms with Crippen molar-refractivity contribution < 1.29 is 24.5 Å². The van der Waals surface area contributed by atoms with Gasteiger partial charge in [-0.15, -0.1) is 0 Å². The predicted octanol–water partition coefficient (Wildman–Crippen LogP) is 0.155. The van der Waals surface area contributed by atoms with Crippen LogP contribution in [0.15, 0.2) is 30.3 Å². The molecule has 1 aromatic rings. The minimum absolute atomic E-state index is 0.0280. The van der Waals surface area contributed by atoms with Gasteiger partial charge in [0.2, 0.25) is 5.91 Å². The zero-order valence-corrected chi connectivity index (χ0v) is 10.4. The van der Waals surface area contributed by atoms with Gasteiger partial charge in [0, 0.05) is 13.0 Å². The van der Waals surface area contributed by atoms with Crippen LogP contribution < -0.4 is 5.32 Å². The van der Waals surface area contributed by atoms with Gasteiger partial charge in [-0.2, -0.15) is 0 Å². The molecule has 1 aromatic carbocycles. The third kappa shape index (κ3) is 5.98. The van der Waals surface area contributed by atoms with Crippen LogP contribution in [-0.4, -0.2) is 41.3 Å². The fourth-order valence-electron chi connectivity index (χ4n) is 1.46. The number of carboxylic acid groups (broad SMARTS) is 1. The van der Waals surface area contributed by atoms with Crippen molar-refractivity contribution in [3.63, 3.8) is 0 Å². The van der Waals surface area contributed by atoms with E-state index < -0.39 is 17.9 Å². The van der Waals surface area contributed by atoms with Crippen molar-refractivity contribution >= 4 is 11.9 Å². The summed E-state index contributed by atoms with van der Waals surface area (Å²) in [4.78, 5) is 22.2. The number of hydrogen-bond acceptors (Lipinski definition) is 4. The molecule has 0 saturated carbocycles. The van der Waals surface area contributed by atoms with E-state index in [0.717, 1.165) is 5.56 Å². The molecule has 19 heavy (non-hydrogen) atoms. The number of rotatable bonds is 8. The number of nitrogens with one attached hydrogen (secondary N) is 1. The number of aliphatic hydroxyl groups is 1. The van der Waals surface area contributed by atoms with Crippen LogP contribution in [0.4, 0.5) is 0 Å². The fourth-order valence-corrected chi connectivity index (χ4v) is 1.46. The van der Waals surface area contributed by atoms with Gasteiger partial charge in [-0.1, -0.05) is 30.3 Å². The van der Waals surface area contributed by atoms with Gasteiger partial charge in [-0.25, -0.2) is 4.79 Å². The van der Waals surface area contributed by atoms with E-state index in [1.54, 1.807) is 0 Å². The molecular formula is C13H17NO5. The standard InChI is InChI=1S/C13H17NO5/c15-7-6-11(13(17)18)14-12(16)9-19-8-10-4-2-1-3-5-10/h1-5,11,15H,6-9H2,(H,14,16)(H,17,18). The Hall–Kier alpha value is -1.92. The molecule has 6 heteroatoms. The summed E-state index contributed by atoms with van der Waals surface area (Å²) < 4.78 is 5.17. The molecule has 0 aliphatic heterocycles. The van der Waals surface area contributed by atoms with E-state index in [0.29, 0.717) is 0 Å². The molecule has 0 bridgehead atoms. The number of carboxylic acids is 1. The average molecular weight is 267 g/mol. The molecule has 3 N–H and O–H groups in total. The number of amides is 1. The maximum Gasteiger partial charge on any atom is 0.326 e. The van der Waals surface area contributed by atoms with Crippen LogP contribution in [0.2, 0.25) is 0 Å². The van der Waals surface area contributed by atoms with Crippen molar-refractivity contribution in [1.29, 1.82) is 0 Å². The summed E-state index contributed by atoms with van der Waals surface area (Å²) in [6.45, 7) is -0.238. The molecule has 0 fully saturated rings. The number of carbonyl (C=O) groups is 2. The monoisotopic (exact) mass is 267 g/mol. The lowest BCUT2D eigenvalue weighted by Crippen LogP contribution is -2.43. The second-order valence-electron chi connectivity index (χ2n) is 3.95. The SMILES string of the molecule is O=C(COCc1ccccc1)NC(CCO)C(=O)O. The van der Waals surface area contributed by atoms with E-state index in [1.807, 2.05) is 30.3 Å². The molecule has 6 nitrogen and oxygen atoms in total. The molecule has 0 aliphatic carbocycles. The third-order valence-electron chi connectivity index (χ3n) is 2.40. The Kier molecular flexibility index (Phi) is 6.56. The van der Waals surface area contributed by atoms with E-state index in [4.69, 9.17) is 14.9 Å². The van der Waals surface area contributed by atoms with Crippen molar-refractivity contribution in [3.8, 4) is 0 Å². The Morgan fingerprint density at radius 3 is 2.53 bits per heavy atom. The molecular weight excluding hydrogens is 250 g/mol. The topological polar surface area (TPSA) is 95.9 Å². The second kappa shape index (κ2) is 8.23. The Labute approximate surface area is 111 Å². The number of aliphatic hydroxyl groups excluding tert-OH is 1. The zero-order chi connectivity index (χ0) is 14.1. The lowest BCUT2D eigenvalue weighted by molar-refractivity contribution is -0.143. The fraction of sp³-hybridized carbons (Fsp3) is 0.385. The van der Waals surface area contributed by atoms with Gasteiger partial charge in [-0.05, 0) is 5.56 Å². The second-order valence-corrected chi connectivity index (χ2v) is 3.95. The number of ether oxygens (including phenoxy) is 1. The van der Waals surface area contributed by atoms with Crippen molar-refractivity contribution in [1.82, 2.24) is 5.32 Å². The lowest BCUT2D eigenvalue weighted by atomic mass is 10.2. The van der Waals surface area contributed by atoms with Crippen molar-refractivity contribution in [3.05, 3.63) is 35.9 Å². The van der Waals surface area contributed by atoms with Gasteiger partial charge >= 0.3 is 5.97 Å². The van der Waals surface area contributed by atoms with Crippen molar-refractivity contribution in [2.45, 2.75) is 19.1 Å². The molecule has 0 aliphatic rings. The molecule has 0 spiro atoms. The highest BCUT2D eigenvalue weighted by molar-refractivity contribution is 5.84. The largest absolute Gasteiger partial charge is 0.480 e. The summed E-state index contributed by atoms with van der Waals surface area (Å²) in [7, 11) is 0. The number of benzene rings is 1. The summed E-state index contributed by atoms with van der Waals surface area (Å²) in [5, 5.41) is 19.7. The Balaban J connectivity index is 2.29. The van der Waals surface area contributed by atoms with Gasteiger partial charge in [0.1, 0.15) is 12.6 Å². The molecule has 1 unspecified atom stereocenters. The van der Waals surface area contributed by atoms with Gasteiger partial charge in [0.15, 0.2) is 0 Å². The zero-order valence-electron chi connectivity index (χ0n) is 10.4. The minimum atomic E-state index is -1.18. The number of carbonyl (C=O) groups excluding carboxylic acids is 1. The lowest BCUT2D eigenvalue weighted by Gasteiger charge is -2.13. The molecule has 1 amide bonds. The van der Waals surface area contributed by atoms with E-state index in [2.05, 4.69) is 5.32 Å². The Bertz CT molecular complexity index is 407. The average Bonchev–Trinajstić information content (AvgIpc) is 2.39. The summed E-state index contributed by atoms with van der Waals surface area (Å²) >= 11 is 0. The first-order valence-electron chi connectivity index (χ1n) is 5.88. The number of hydrogen-bond donors (Lipinski definition) is 3. The first kappa shape index (κ1) is 15.1. The quantitative estimate of drug-likeness (QED) is 0.623. The molecule has 1 atom stereocenters. The van der Waals surface area contributed by atoms with E-state index >= 15 is 0 Å². The third-order valence-corrected chi connectivity index (χ3v) is 2.40. The van der Waals surface area contributed by atoms with Crippen LogP contribution >= 0.6 is 0 Å². The summed E-state index contributed by atoms with van der Waals surface area (Å²) in [5.74, 6) is -1.69. The Morgan fingerprint density at radius 1 is 1.26 bits per heavy atom. The molecule has 0 aromatic heterocycles. The Morgan fingerprint density at radius 2 is 1.95 bits per heavy atom. The van der Waals surface area contributed by atoms with Gasteiger partial charge in [0.25, 0.3) is 0 Å².